The number of benzene rings is 1. The molecule has 7 N–H and O–H groups in total. The minimum atomic E-state index is -0.844. The fourth-order valence-corrected chi connectivity index (χ4v) is 2.51. The Hall–Kier alpha value is -3.01. The van der Waals surface area contributed by atoms with E-state index in [1.54, 1.807) is 30.5 Å². The molecular weight excluding hydrogens is 408 g/mol. The summed E-state index contributed by atoms with van der Waals surface area (Å²) in [5.41, 5.74) is 7.76. The van der Waals surface area contributed by atoms with Gasteiger partial charge < -0.3 is 21.5 Å². The first-order valence-electron chi connectivity index (χ1n) is 9.21. The number of aliphatic hydroxyl groups excluding tert-OH is 1. The van der Waals surface area contributed by atoms with Crippen LogP contribution in [0.1, 0.15) is 16.8 Å². The van der Waals surface area contributed by atoms with E-state index in [0.717, 1.165) is 11.3 Å². The molecule has 9 nitrogen and oxygen atoms in total. The molecule has 1 aromatic carbocycles. The Labute approximate surface area is 181 Å². The van der Waals surface area contributed by atoms with Crippen molar-refractivity contribution in [1.82, 2.24) is 20.9 Å². The van der Waals surface area contributed by atoms with Crippen molar-refractivity contribution in [2.75, 3.05) is 19.7 Å². The van der Waals surface area contributed by atoms with Crippen LogP contribution in [0.15, 0.2) is 48.7 Å². The molecule has 1 heterocycles. The summed E-state index contributed by atoms with van der Waals surface area (Å²) in [6, 6.07) is 11.7. The van der Waals surface area contributed by atoms with Gasteiger partial charge in [0.15, 0.2) is 0 Å². The highest BCUT2D eigenvalue weighted by atomic mass is 35.5. The number of nitrogens with zero attached hydrogens (tertiary/aromatic N) is 1. The van der Waals surface area contributed by atoms with Gasteiger partial charge in [-0.15, -0.1) is 12.4 Å². The lowest BCUT2D eigenvalue weighted by Gasteiger charge is -2.16. The second-order valence-corrected chi connectivity index (χ2v) is 6.37. The number of amides is 2. The van der Waals surface area contributed by atoms with Gasteiger partial charge in [-0.05, 0) is 17.7 Å². The van der Waals surface area contributed by atoms with Gasteiger partial charge in [-0.3, -0.25) is 25.3 Å². The molecule has 1 atom stereocenters. The zero-order valence-corrected chi connectivity index (χ0v) is 17.2. The van der Waals surface area contributed by atoms with Gasteiger partial charge in [0.25, 0.3) is 0 Å². The average Bonchev–Trinajstić information content (AvgIpc) is 2.73. The van der Waals surface area contributed by atoms with E-state index in [2.05, 4.69) is 20.9 Å². The summed E-state index contributed by atoms with van der Waals surface area (Å²) in [7, 11) is 0. The highest BCUT2D eigenvalue weighted by Gasteiger charge is 2.17. The fraction of sp³-hybridized carbons (Fsp3) is 0.300. The number of nitrogen functional groups attached to an aromatic ring is 1. The molecule has 1 aromatic heterocycles. The molecule has 30 heavy (non-hydrogen) atoms. The summed E-state index contributed by atoms with van der Waals surface area (Å²) in [6.45, 7) is 0.182. The third-order valence-electron chi connectivity index (χ3n) is 4.17. The number of nitrogens with two attached hydrogens (primary N) is 1. The Morgan fingerprint density at radius 2 is 1.87 bits per heavy atom. The van der Waals surface area contributed by atoms with E-state index in [4.69, 9.17) is 11.1 Å². The third-order valence-corrected chi connectivity index (χ3v) is 4.17. The second-order valence-electron chi connectivity index (χ2n) is 6.37. The number of carbonyl (C=O) groups is 2. The van der Waals surface area contributed by atoms with Crippen LogP contribution >= 0.6 is 12.4 Å². The van der Waals surface area contributed by atoms with Crippen LogP contribution in [0.4, 0.5) is 0 Å². The van der Waals surface area contributed by atoms with E-state index in [9.17, 15) is 14.7 Å². The second kappa shape index (κ2) is 13.3. The van der Waals surface area contributed by atoms with E-state index < -0.39 is 18.6 Å². The van der Waals surface area contributed by atoms with Crippen molar-refractivity contribution in [3.8, 4) is 0 Å². The summed E-state index contributed by atoms with van der Waals surface area (Å²) in [5, 5.41) is 25.0. The highest BCUT2D eigenvalue weighted by molar-refractivity contribution is 5.94. The van der Waals surface area contributed by atoms with Gasteiger partial charge in [0.1, 0.15) is 11.9 Å². The number of aliphatic hydroxyl groups is 1. The number of aromatic nitrogens is 1. The lowest BCUT2D eigenvalue weighted by molar-refractivity contribution is -0.128. The first-order chi connectivity index (χ1) is 14.0. The summed E-state index contributed by atoms with van der Waals surface area (Å²) < 4.78 is 0. The van der Waals surface area contributed by atoms with Gasteiger partial charge in [0.2, 0.25) is 11.8 Å². The molecule has 0 fully saturated rings. The molecule has 0 bridgehead atoms. The standard InChI is InChI=1S/C20H26N6O3.ClH/c21-19(22)15-6-4-14(5-7-15)11-25-17(13-27)20(29)26-12-18(28)24-10-8-16-3-1-2-9-23-16;/h1-7,9,17,25,27H,8,10-13H2,(H3,21,22)(H,24,28)(H,26,29);1H. The number of hydrogen-bond acceptors (Lipinski definition) is 6. The zero-order valence-electron chi connectivity index (χ0n) is 16.4. The molecule has 1 unspecified atom stereocenters. The molecule has 2 amide bonds. The first kappa shape index (κ1) is 25.0. The lowest BCUT2D eigenvalue weighted by Crippen LogP contribution is -2.48. The molecule has 2 aromatic rings. The van der Waals surface area contributed by atoms with E-state index in [-0.39, 0.29) is 30.7 Å². The van der Waals surface area contributed by atoms with E-state index in [1.165, 1.54) is 0 Å². The van der Waals surface area contributed by atoms with E-state index >= 15 is 0 Å². The van der Waals surface area contributed by atoms with Gasteiger partial charge in [0, 0.05) is 37.0 Å². The Morgan fingerprint density at radius 1 is 1.13 bits per heavy atom. The molecule has 0 saturated carbocycles. The molecule has 0 radical (unpaired) electrons. The minimum absolute atomic E-state index is 0. The van der Waals surface area contributed by atoms with Gasteiger partial charge in [-0.2, -0.15) is 0 Å². The lowest BCUT2D eigenvalue weighted by atomic mass is 10.1. The number of nitrogens with one attached hydrogen (secondary N) is 4. The van der Waals surface area contributed by atoms with E-state index in [0.29, 0.717) is 25.1 Å². The first-order valence-corrected chi connectivity index (χ1v) is 9.21. The summed E-state index contributed by atoms with van der Waals surface area (Å²) in [6.07, 6.45) is 2.29. The topological polar surface area (TPSA) is 153 Å². The van der Waals surface area contributed by atoms with Gasteiger partial charge in [-0.25, -0.2) is 0 Å². The number of halogens is 1. The van der Waals surface area contributed by atoms with Gasteiger partial charge in [-0.1, -0.05) is 30.3 Å². The predicted octanol–water partition coefficient (Wildman–Crippen LogP) is -0.287. The van der Waals surface area contributed by atoms with Crippen LogP contribution in [0.25, 0.3) is 0 Å². The molecule has 0 spiro atoms. The van der Waals surface area contributed by atoms with Crippen LogP contribution in [0.5, 0.6) is 0 Å². The number of rotatable bonds is 11. The summed E-state index contributed by atoms with van der Waals surface area (Å²) >= 11 is 0. The molecule has 2 rings (SSSR count). The van der Waals surface area contributed by atoms with E-state index in [1.807, 2.05) is 18.2 Å². The molecule has 162 valence electrons. The van der Waals surface area contributed by atoms with Crippen molar-refractivity contribution in [3.05, 3.63) is 65.5 Å². The highest BCUT2D eigenvalue weighted by Crippen LogP contribution is 2.04. The SMILES string of the molecule is Cl.N=C(N)c1ccc(CNC(CO)C(=O)NCC(=O)NCCc2ccccn2)cc1. The van der Waals surface area contributed by atoms with Crippen molar-refractivity contribution in [2.45, 2.75) is 19.0 Å². The molecule has 0 aliphatic heterocycles. The molecule has 0 aliphatic rings. The molecule has 10 heteroatoms. The van der Waals surface area contributed by atoms with Crippen molar-refractivity contribution in [1.29, 1.82) is 5.41 Å². The zero-order chi connectivity index (χ0) is 21.1. The van der Waals surface area contributed by atoms with Crippen molar-refractivity contribution < 1.29 is 14.7 Å². The van der Waals surface area contributed by atoms with Crippen LogP contribution in [0.2, 0.25) is 0 Å². The van der Waals surface area contributed by atoms with Crippen LogP contribution in [-0.4, -0.2) is 53.5 Å². The maximum atomic E-state index is 12.2. The monoisotopic (exact) mass is 434 g/mol. The maximum Gasteiger partial charge on any atom is 0.239 e. The summed E-state index contributed by atoms with van der Waals surface area (Å²) in [4.78, 5) is 28.2. The predicted molar refractivity (Wildman–Crippen MR) is 116 cm³/mol. The summed E-state index contributed by atoms with van der Waals surface area (Å²) in [5.74, 6) is -0.797. The van der Waals surface area contributed by atoms with Crippen molar-refractivity contribution in [3.63, 3.8) is 0 Å². The van der Waals surface area contributed by atoms with Crippen LogP contribution in [0, 0.1) is 5.41 Å². The Morgan fingerprint density at radius 3 is 2.47 bits per heavy atom. The molecular formula is C20H27ClN6O3. The largest absolute Gasteiger partial charge is 0.394 e. The van der Waals surface area contributed by atoms with Crippen molar-refractivity contribution >= 4 is 30.1 Å². The maximum absolute atomic E-state index is 12.2. The van der Waals surface area contributed by atoms with Crippen LogP contribution in [-0.2, 0) is 22.6 Å². The average molecular weight is 435 g/mol. The Bertz CT molecular complexity index is 817. The Balaban J connectivity index is 0.00000450. The fourth-order valence-electron chi connectivity index (χ4n) is 2.51. The Kier molecular flexibility index (Phi) is 11.1. The smallest absolute Gasteiger partial charge is 0.239 e. The third kappa shape index (κ3) is 8.56. The van der Waals surface area contributed by atoms with Crippen molar-refractivity contribution in [2.24, 2.45) is 5.73 Å². The van der Waals surface area contributed by atoms with Crippen LogP contribution in [0.3, 0.4) is 0 Å². The number of amidine groups is 1. The van der Waals surface area contributed by atoms with Gasteiger partial charge in [0.05, 0.1) is 13.2 Å². The normalized spacial score (nSPS) is 11.1. The molecule has 0 saturated heterocycles. The minimum Gasteiger partial charge on any atom is -0.394 e. The quantitative estimate of drug-likeness (QED) is 0.211. The number of carbonyl (C=O) groups excluding carboxylic acids is 2. The number of hydrogen-bond donors (Lipinski definition) is 6. The number of pyridine rings is 1. The molecule has 0 aliphatic carbocycles. The van der Waals surface area contributed by atoms with Crippen LogP contribution < -0.4 is 21.7 Å². The van der Waals surface area contributed by atoms with Gasteiger partial charge >= 0.3 is 0 Å².